The highest BCUT2D eigenvalue weighted by Crippen LogP contribution is 2.30. The third-order valence-corrected chi connectivity index (χ3v) is 4.40. The number of amides is 1. The second-order valence-corrected chi connectivity index (χ2v) is 5.72. The predicted molar refractivity (Wildman–Crippen MR) is 84.6 cm³/mol. The maximum Gasteiger partial charge on any atom is 0.256 e. The molecule has 1 atom stereocenters. The minimum Gasteiger partial charge on any atom is -0.396 e. The number of anilines is 1. The molecular weight excluding hydrogens is 278 g/mol. The van der Waals surface area contributed by atoms with Crippen molar-refractivity contribution in [3.8, 4) is 0 Å². The number of carbonyl (C=O) groups is 1. The maximum atomic E-state index is 12.8. The van der Waals surface area contributed by atoms with Crippen molar-refractivity contribution in [3.05, 3.63) is 47.9 Å². The highest BCUT2D eigenvalue weighted by Gasteiger charge is 2.30. The van der Waals surface area contributed by atoms with Crippen molar-refractivity contribution in [3.63, 3.8) is 0 Å². The number of hydrogen-bond acceptors (Lipinski definition) is 3. The largest absolute Gasteiger partial charge is 0.396 e. The minimum absolute atomic E-state index is 0.0636. The van der Waals surface area contributed by atoms with Gasteiger partial charge in [-0.05, 0) is 18.6 Å². The van der Waals surface area contributed by atoms with E-state index in [9.17, 15) is 4.79 Å². The molecule has 1 aromatic carbocycles. The Bertz CT molecular complexity index is 834. The van der Waals surface area contributed by atoms with E-state index in [2.05, 4.69) is 15.2 Å². The van der Waals surface area contributed by atoms with Gasteiger partial charge in [0.15, 0.2) is 0 Å². The number of rotatable bonds is 2. The van der Waals surface area contributed by atoms with Crippen LogP contribution in [0, 0.1) is 0 Å². The molecule has 3 heterocycles. The van der Waals surface area contributed by atoms with Gasteiger partial charge in [0.25, 0.3) is 5.91 Å². The fourth-order valence-electron chi connectivity index (χ4n) is 3.25. The molecule has 1 aliphatic heterocycles. The lowest BCUT2D eigenvalue weighted by Crippen LogP contribution is -2.28. The third-order valence-electron chi connectivity index (χ3n) is 4.40. The summed E-state index contributed by atoms with van der Waals surface area (Å²) >= 11 is 0. The average Bonchev–Trinajstić information content (AvgIpc) is 3.25. The van der Waals surface area contributed by atoms with Crippen LogP contribution in [0.25, 0.3) is 10.9 Å². The number of hydrogen-bond donors (Lipinski definition) is 3. The number of carbonyl (C=O) groups excluding carboxylic acids is 1. The molecule has 1 fully saturated rings. The van der Waals surface area contributed by atoms with Crippen LogP contribution in [-0.4, -0.2) is 39.1 Å². The summed E-state index contributed by atoms with van der Waals surface area (Å²) in [4.78, 5) is 17.9. The van der Waals surface area contributed by atoms with Gasteiger partial charge in [-0.25, -0.2) is 0 Å². The molecule has 4 N–H and O–H groups in total. The molecule has 22 heavy (non-hydrogen) atoms. The second kappa shape index (κ2) is 4.91. The van der Waals surface area contributed by atoms with Crippen molar-refractivity contribution in [1.82, 2.24) is 20.1 Å². The Hall–Kier alpha value is -2.76. The van der Waals surface area contributed by atoms with E-state index in [0.717, 1.165) is 35.1 Å². The normalized spacial score (nSPS) is 18.2. The van der Waals surface area contributed by atoms with E-state index in [-0.39, 0.29) is 11.8 Å². The van der Waals surface area contributed by atoms with E-state index in [1.807, 2.05) is 35.4 Å². The van der Waals surface area contributed by atoms with Crippen LogP contribution in [0.4, 0.5) is 5.69 Å². The molecule has 1 aliphatic rings. The fourth-order valence-corrected chi connectivity index (χ4v) is 3.25. The lowest BCUT2D eigenvalue weighted by Gasteiger charge is -2.17. The third kappa shape index (κ3) is 1.95. The Balaban J connectivity index is 1.60. The molecular formula is C16H17N5O. The van der Waals surface area contributed by atoms with Gasteiger partial charge < -0.3 is 15.6 Å². The number of aromatic amines is 2. The van der Waals surface area contributed by atoms with Gasteiger partial charge in [0.05, 0.1) is 28.7 Å². The lowest BCUT2D eigenvalue weighted by atomic mass is 10.0. The number of likely N-dealkylation sites (tertiary alicyclic amines) is 1. The smallest absolute Gasteiger partial charge is 0.256 e. The summed E-state index contributed by atoms with van der Waals surface area (Å²) < 4.78 is 0. The van der Waals surface area contributed by atoms with Crippen molar-refractivity contribution in [2.45, 2.75) is 12.3 Å². The van der Waals surface area contributed by atoms with Crippen LogP contribution in [0.1, 0.15) is 28.4 Å². The molecule has 6 nitrogen and oxygen atoms in total. The predicted octanol–water partition coefficient (Wildman–Crippen LogP) is 2.10. The molecule has 0 bridgehead atoms. The number of fused-ring (bicyclic) bond motifs is 1. The fraction of sp³-hybridized carbons (Fsp3) is 0.250. The van der Waals surface area contributed by atoms with E-state index in [0.29, 0.717) is 12.2 Å². The molecule has 4 rings (SSSR count). The molecule has 0 aliphatic carbocycles. The van der Waals surface area contributed by atoms with Crippen LogP contribution in [0.15, 0.2) is 36.7 Å². The quantitative estimate of drug-likeness (QED) is 0.676. The number of nitrogen functional groups attached to an aromatic ring is 1. The topological polar surface area (TPSA) is 90.8 Å². The van der Waals surface area contributed by atoms with Crippen LogP contribution in [-0.2, 0) is 0 Å². The first-order valence-corrected chi connectivity index (χ1v) is 7.38. The number of aromatic nitrogens is 3. The zero-order chi connectivity index (χ0) is 15.1. The Morgan fingerprint density at radius 1 is 1.36 bits per heavy atom. The summed E-state index contributed by atoms with van der Waals surface area (Å²) in [5, 5.41) is 7.98. The van der Waals surface area contributed by atoms with Crippen molar-refractivity contribution in [2.24, 2.45) is 0 Å². The van der Waals surface area contributed by atoms with Crippen LogP contribution < -0.4 is 5.73 Å². The Morgan fingerprint density at radius 3 is 3.09 bits per heavy atom. The zero-order valence-corrected chi connectivity index (χ0v) is 12.0. The van der Waals surface area contributed by atoms with Gasteiger partial charge in [-0.2, -0.15) is 5.10 Å². The van der Waals surface area contributed by atoms with Gasteiger partial charge in [0.1, 0.15) is 0 Å². The van der Waals surface area contributed by atoms with Crippen molar-refractivity contribution >= 4 is 22.5 Å². The van der Waals surface area contributed by atoms with Gasteiger partial charge in [-0.3, -0.25) is 9.89 Å². The van der Waals surface area contributed by atoms with E-state index >= 15 is 0 Å². The van der Waals surface area contributed by atoms with E-state index in [1.54, 1.807) is 6.20 Å². The number of nitrogens with one attached hydrogen (secondary N) is 2. The first-order valence-electron chi connectivity index (χ1n) is 7.38. The Labute approximate surface area is 127 Å². The van der Waals surface area contributed by atoms with Gasteiger partial charge in [-0.1, -0.05) is 12.1 Å². The summed E-state index contributed by atoms with van der Waals surface area (Å²) in [6, 6.07) is 7.77. The summed E-state index contributed by atoms with van der Waals surface area (Å²) in [6.07, 6.45) is 4.39. The maximum absolute atomic E-state index is 12.8. The zero-order valence-electron chi connectivity index (χ0n) is 12.0. The number of benzene rings is 1. The lowest BCUT2D eigenvalue weighted by molar-refractivity contribution is 0.0792. The molecule has 1 saturated heterocycles. The van der Waals surface area contributed by atoms with Crippen LogP contribution in [0.2, 0.25) is 0 Å². The SMILES string of the molecule is Nc1cn[nH]c1C1CCN(C(=O)c2cccc3cc[nH]c23)C1. The molecule has 0 radical (unpaired) electrons. The van der Waals surface area contributed by atoms with Gasteiger partial charge in [-0.15, -0.1) is 0 Å². The monoisotopic (exact) mass is 295 g/mol. The highest BCUT2D eigenvalue weighted by atomic mass is 16.2. The van der Waals surface area contributed by atoms with Gasteiger partial charge >= 0.3 is 0 Å². The molecule has 6 heteroatoms. The number of nitrogens with two attached hydrogens (primary N) is 1. The van der Waals surface area contributed by atoms with Crippen molar-refractivity contribution < 1.29 is 4.79 Å². The molecule has 0 saturated carbocycles. The molecule has 1 amide bonds. The molecule has 3 aromatic rings. The van der Waals surface area contributed by atoms with Crippen molar-refractivity contribution in [2.75, 3.05) is 18.8 Å². The molecule has 112 valence electrons. The average molecular weight is 295 g/mol. The van der Waals surface area contributed by atoms with Crippen molar-refractivity contribution in [1.29, 1.82) is 0 Å². The van der Waals surface area contributed by atoms with Crippen LogP contribution >= 0.6 is 0 Å². The van der Waals surface area contributed by atoms with Gasteiger partial charge in [0, 0.05) is 30.6 Å². The summed E-state index contributed by atoms with van der Waals surface area (Å²) in [6.45, 7) is 1.40. The van der Waals surface area contributed by atoms with E-state index in [1.165, 1.54) is 0 Å². The molecule has 0 spiro atoms. The summed E-state index contributed by atoms with van der Waals surface area (Å²) in [7, 11) is 0. The standard InChI is InChI=1S/C16H17N5O/c17-13-8-19-20-15(13)11-5-7-21(9-11)16(22)12-3-1-2-10-4-6-18-14(10)12/h1-4,6,8,11,18H,5,7,9,17H2,(H,19,20). The van der Waals surface area contributed by atoms with Crippen LogP contribution in [0.5, 0.6) is 0 Å². The van der Waals surface area contributed by atoms with E-state index in [4.69, 9.17) is 5.73 Å². The van der Waals surface area contributed by atoms with E-state index < -0.39 is 0 Å². The number of para-hydroxylation sites is 1. The Kier molecular flexibility index (Phi) is 2.89. The highest BCUT2D eigenvalue weighted by molar-refractivity contribution is 6.05. The van der Waals surface area contributed by atoms with Gasteiger partial charge in [0.2, 0.25) is 0 Å². The number of nitrogens with zero attached hydrogens (tertiary/aromatic N) is 2. The molecule has 2 aromatic heterocycles. The van der Waals surface area contributed by atoms with Crippen LogP contribution in [0.3, 0.4) is 0 Å². The summed E-state index contributed by atoms with van der Waals surface area (Å²) in [5.74, 6) is 0.294. The second-order valence-electron chi connectivity index (χ2n) is 5.72. The first-order chi connectivity index (χ1) is 10.7. The summed E-state index contributed by atoms with van der Waals surface area (Å²) in [5.41, 5.74) is 9.14. The first kappa shape index (κ1) is 12.9. The molecule has 1 unspecified atom stereocenters. The Morgan fingerprint density at radius 2 is 2.27 bits per heavy atom. The minimum atomic E-state index is 0.0636. The number of H-pyrrole nitrogens is 2.